The third-order valence-corrected chi connectivity index (χ3v) is 3.44. The number of para-hydroxylation sites is 1. The van der Waals surface area contributed by atoms with Gasteiger partial charge in [0.25, 0.3) is 0 Å². The van der Waals surface area contributed by atoms with Crippen LogP contribution >= 0.6 is 0 Å². The molecule has 0 aliphatic carbocycles. The van der Waals surface area contributed by atoms with Crippen molar-refractivity contribution in [1.82, 2.24) is 4.90 Å². The molecule has 0 spiro atoms. The molecule has 22 heavy (non-hydrogen) atoms. The maximum Gasteiger partial charge on any atom is 0.422 e. The van der Waals surface area contributed by atoms with Gasteiger partial charge in [-0.1, -0.05) is 60.7 Å². The van der Waals surface area contributed by atoms with Gasteiger partial charge in [-0.2, -0.15) is 0 Å². The van der Waals surface area contributed by atoms with E-state index in [4.69, 9.17) is 4.74 Å². The zero-order chi connectivity index (χ0) is 15.4. The summed E-state index contributed by atoms with van der Waals surface area (Å²) in [7, 11) is 0. The highest BCUT2D eigenvalue weighted by molar-refractivity contribution is 5.99. The number of carbonyl (C=O) groups is 2. The number of carbonyl (C=O) groups excluding carboxylic acids is 2. The fourth-order valence-electron chi connectivity index (χ4n) is 2.26. The standard InChI is InChI=1S/C18H15NO3/c20-17-13-15(12-11-14-7-3-1-4-8-14)19(17)18(21)22-16-9-5-2-6-10-16/h1-12,15H,13H2/b12-11+/t15-/m0/s1. The Labute approximate surface area is 128 Å². The molecule has 0 aromatic heterocycles. The highest BCUT2D eigenvalue weighted by atomic mass is 16.6. The molecule has 0 bridgehead atoms. The van der Waals surface area contributed by atoms with Crippen LogP contribution in [-0.2, 0) is 4.79 Å². The molecule has 2 aromatic carbocycles. The van der Waals surface area contributed by atoms with Crippen LogP contribution in [0.1, 0.15) is 12.0 Å². The topological polar surface area (TPSA) is 46.6 Å². The quantitative estimate of drug-likeness (QED) is 0.814. The van der Waals surface area contributed by atoms with E-state index in [9.17, 15) is 9.59 Å². The molecule has 0 N–H and O–H groups in total. The van der Waals surface area contributed by atoms with E-state index in [0.717, 1.165) is 10.5 Å². The monoisotopic (exact) mass is 293 g/mol. The Morgan fingerprint density at radius 1 is 1.05 bits per heavy atom. The molecular weight excluding hydrogens is 278 g/mol. The van der Waals surface area contributed by atoms with Crippen LogP contribution in [0.4, 0.5) is 4.79 Å². The molecule has 0 saturated carbocycles. The van der Waals surface area contributed by atoms with Gasteiger partial charge in [0.15, 0.2) is 0 Å². The van der Waals surface area contributed by atoms with Gasteiger partial charge >= 0.3 is 6.09 Å². The van der Waals surface area contributed by atoms with Gasteiger partial charge in [-0.05, 0) is 17.7 Å². The Balaban J connectivity index is 1.66. The Bertz CT molecular complexity index is 695. The minimum Gasteiger partial charge on any atom is -0.410 e. The number of hydrogen-bond acceptors (Lipinski definition) is 3. The smallest absolute Gasteiger partial charge is 0.410 e. The predicted octanol–water partition coefficient (Wildman–Crippen LogP) is 3.50. The number of benzene rings is 2. The number of amides is 2. The molecule has 1 saturated heterocycles. The minimum absolute atomic E-state index is 0.219. The first-order chi connectivity index (χ1) is 10.7. The largest absolute Gasteiger partial charge is 0.422 e. The number of β-lactam (4-membered cyclic amide) rings is 1. The number of nitrogens with zero attached hydrogens (tertiary/aromatic N) is 1. The van der Waals surface area contributed by atoms with Crippen LogP contribution in [0.3, 0.4) is 0 Å². The summed E-state index contributed by atoms with van der Waals surface area (Å²) in [5.74, 6) is 0.210. The fraction of sp³-hybridized carbons (Fsp3) is 0.111. The maximum atomic E-state index is 12.1. The Hall–Kier alpha value is -2.88. The van der Waals surface area contributed by atoms with Crippen LogP contribution in [0.2, 0.25) is 0 Å². The first-order valence-electron chi connectivity index (χ1n) is 7.06. The molecule has 2 aromatic rings. The lowest BCUT2D eigenvalue weighted by molar-refractivity contribution is -0.139. The van der Waals surface area contributed by atoms with Gasteiger partial charge in [0.05, 0.1) is 12.5 Å². The molecule has 4 heteroatoms. The van der Waals surface area contributed by atoms with Crippen LogP contribution < -0.4 is 4.74 Å². The second-order valence-electron chi connectivity index (χ2n) is 4.99. The lowest BCUT2D eigenvalue weighted by atomic mass is 10.0. The Kier molecular flexibility index (Phi) is 4.01. The molecule has 3 rings (SSSR count). The molecular formula is C18H15NO3. The summed E-state index contributed by atoms with van der Waals surface area (Å²) in [6, 6.07) is 18.2. The maximum absolute atomic E-state index is 12.1. The van der Waals surface area contributed by atoms with Crippen molar-refractivity contribution < 1.29 is 14.3 Å². The van der Waals surface area contributed by atoms with E-state index in [2.05, 4.69) is 0 Å². The summed E-state index contributed by atoms with van der Waals surface area (Å²) < 4.78 is 5.20. The van der Waals surface area contributed by atoms with Crippen LogP contribution in [0, 0.1) is 0 Å². The number of rotatable bonds is 3. The SMILES string of the molecule is O=C1C[C@H](/C=C/c2ccccc2)N1C(=O)Oc1ccccc1. The van der Waals surface area contributed by atoms with Crippen molar-refractivity contribution >= 4 is 18.1 Å². The molecule has 1 aliphatic rings. The van der Waals surface area contributed by atoms with Gasteiger partial charge in [0.2, 0.25) is 5.91 Å². The molecule has 4 nitrogen and oxygen atoms in total. The minimum atomic E-state index is -0.634. The third kappa shape index (κ3) is 3.06. The second kappa shape index (κ2) is 6.26. The molecule has 1 atom stereocenters. The van der Waals surface area contributed by atoms with Crippen molar-refractivity contribution in [3.63, 3.8) is 0 Å². The van der Waals surface area contributed by atoms with Crippen LogP contribution in [-0.4, -0.2) is 22.9 Å². The average Bonchev–Trinajstić information content (AvgIpc) is 2.53. The van der Waals surface area contributed by atoms with Crippen molar-refractivity contribution in [3.8, 4) is 5.75 Å². The summed E-state index contributed by atoms with van der Waals surface area (Å²) >= 11 is 0. The highest BCUT2D eigenvalue weighted by Gasteiger charge is 2.40. The summed E-state index contributed by atoms with van der Waals surface area (Å²) in [5, 5.41) is 0. The Morgan fingerprint density at radius 2 is 1.68 bits per heavy atom. The van der Waals surface area contributed by atoms with E-state index in [0.29, 0.717) is 12.2 Å². The second-order valence-corrected chi connectivity index (χ2v) is 4.99. The van der Waals surface area contributed by atoms with E-state index in [1.165, 1.54) is 0 Å². The number of ether oxygens (including phenoxy) is 1. The molecule has 2 amide bonds. The lowest BCUT2D eigenvalue weighted by Gasteiger charge is -2.35. The van der Waals surface area contributed by atoms with Crippen molar-refractivity contribution in [2.24, 2.45) is 0 Å². The van der Waals surface area contributed by atoms with E-state index in [1.807, 2.05) is 48.6 Å². The molecule has 1 fully saturated rings. The number of likely N-dealkylation sites (tertiary alicyclic amines) is 1. The first kappa shape index (κ1) is 14.1. The number of hydrogen-bond donors (Lipinski definition) is 0. The van der Waals surface area contributed by atoms with Crippen LogP contribution in [0.25, 0.3) is 6.08 Å². The zero-order valence-electron chi connectivity index (χ0n) is 11.9. The summed E-state index contributed by atoms with van der Waals surface area (Å²) in [5.41, 5.74) is 1.03. The van der Waals surface area contributed by atoms with Crippen LogP contribution in [0.5, 0.6) is 5.75 Å². The summed E-state index contributed by atoms with van der Waals surface area (Å²) in [6.07, 6.45) is 3.45. The summed E-state index contributed by atoms with van der Waals surface area (Å²) in [4.78, 5) is 24.9. The highest BCUT2D eigenvalue weighted by Crippen LogP contribution is 2.23. The van der Waals surface area contributed by atoms with Gasteiger partial charge < -0.3 is 4.74 Å². The van der Waals surface area contributed by atoms with E-state index < -0.39 is 6.09 Å². The molecule has 0 unspecified atom stereocenters. The molecule has 110 valence electrons. The first-order valence-corrected chi connectivity index (χ1v) is 7.06. The van der Waals surface area contributed by atoms with Gasteiger partial charge in [0.1, 0.15) is 5.75 Å². The summed E-state index contributed by atoms with van der Waals surface area (Å²) in [6.45, 7) is 0. The van der Waals surface area contributed by atoms with Gasteiger partial charge in [-0.3, -0.25) is 4.79 Å². The van der Waals surface area contributed by atoms with Gasteiger partial charge in [-0.15, -0.1) is 0 Å². The van der Waals surface area contributed by atoms with E-state index in [-0.39, 0.29) is 11.9 Å². The third-order valence-electron chi connectivity index (χ3n) is 3.44. The van der Waals surface area contributed by atoms with Gasteiger partial charge in [-0.25, -0.2) is 9.69 Å². The van der Waals surface area contributed by atoms with Crippen LogP contribution in [0.15, 0.2) is 66.7 Å². The van der Waals surface area contributed by atoms with E-state index >= 15 is 0 Å². The van der Waals surface area contributed by atoms with Crippen molar-refractivity contribution in [3.05, 3.63) is 72.3 Å². The van der Waals surface area contributed by atoms with Crippen molar-refractivity contribution in [2.45, 2.75) is 12.5 Å². The van der Waals surface area contributed by atoms with Crippen molar-refractivity contribution in [2.75, 3.05) is 0 Å². The molecule has 1 aliphatic heterocycles. The zero-order valence-corrected chi connectivity index (χ0v) is 11.9. The fourth-order valence-corrected chi connectivity index (χ4v) is 2.26. The molecule has 1 heterocycles. The molecule has 0 radical (unpaired) electrons. The average molecular weight is 293 g/mol. The van der Waals surface area contributed by atoms with Crippen molar-refractivity contribution in [1.29, 1.82) is 0 Å². The van der Waals surface area contributed by atoms with E-state index in [1.54, 1.807) is 24.3 Å². The normalized spacial score (nSPS) is 17.4. The predicted molar refractivity (Wildman–Crippen MR) is 83.2 cm³/mol. The van der Waals surface area contributed by atoms with Gasteiger partial charge in [0, 0.05) is 0 Å². The number of imide groups is 1. The Morgan fingerprint density at radius 3 is 2.32 bits per heavy atom. The lowest BCUT2D eigenvalue weighted by Crippen LogP contribution is -2.55.